The van der Waals surface area contributed by atoms with Crippen LogP contribution in [0.1, 0.15) is 11.1 Å². The van der Waals surface area contributed by atoms with Crippen molar-refractivity contribution in [3.63, 3.8) is 0 Å². The fourth-order valence-corrected chi connectivity index (χ4v) is 5.69. The monoisotopic (exact) mass is 648 g/mol. The number of para-hydroxylation sites is 2. The van der Waals surface area contributed by atoms with Crippen LogP contribution in [0.4, 0.5) is 14.9 Å². The second-order valence-electron chi connectivity index (χ2n) is 7.75. The molecule has 1 fully saturated rings. The minimum Gasteiger partial charge on any atom is -0.495 e. The van der Waals surface area contributed by atoms with Gasteiger partial charge in [-0.05, 0) is 97.2 Å². The molecule has 3 aromatic rings. The third kappa shape index (κ3) is 6.60. The first-order valence-corrected chi connectivity index (χ1v) is 13.2. The molecule has 1 N–H and O–H groups in total. The van der Waals surface area contributed by atoms with Crippen molar-refractivity contribution in [2.75, 3.05) is 19.0 Å². The highest BCUT2D eigenvalue weighted by Gasteiger charge is 2.36. The van der Waals surface area contributed by atoms with Crippen LogP contribution in [-0.4, -0.2) is 35.6 Å². The number of rotatable bonds is 8. The Bertz CT molecular complexity index is 1370. The van der Waals surface area contributed by atoms with Crippen LogP contribution in [-0.2, 0) is 16.2 Å². The van der Waals surface area contributed by atoms with Crippen molar-refractivity contribution in [2.45, 2.75) is 6.61 Å². The van der Waals surface area contributed by atoms with Crippen LogP contribution in [0.5, 0.6) is 11.5 Å². The van der Waals surface area contributed by atoms with Gasteiger partial charge in [0.1, 0.15) is 30.5 Å². The summed E-state index contributed by atoms with van der Waals surface area (Å²) in [5.74, 6) is -0.416. The molecular weight excluding hydrogens is 631 g/mol. The lowest BCUT2D eigenvalue weighted by Gasteiger charge is -2.14. The maximum atomic E-state index is 13.1. The molecule has 0 aromatic heterocycles. The summed E-state index contributed by atoms with van der Waals surface area (Å²) in [6, 6.07) is 16.3. The number of carbonyl (C=O) groups is 3. The lowest BCUT2D eigenvalue weighted by atomic mass is 10.2. The van der Waals surface area contributed by atoms with E-state index in [1.807, 2.05) is 0 Å². The van der Waals surface area contributed by atoms with Crippen molar-refractivity contribution in [1.82, 2.24) is 4.90 Å². The van der Waals surface area contributed by atoms with E-state index in [1.165, 1.54) is 19.2 Å². The first kappa shape index (κ1) is 26.9. The lowest BCUT2D eigenvalue weighted by molar-refractivity contribution is -0.127. The van der Waals surface area contributed by atoms with E-state index in [-0.39, 0.29) is 17.3 Å². The van der Waals surface area contributed by atoms with Crippen LogP contribution in [0.15, 0.2) is 74.5 Å². The maximum absolute atomic E-state index is 13.1. The van der Waals surface area contributed by atoms with Gasteiger partial charge in [-0.15, -0.1) is 0 Å². The molecule has 1 saturated heterocycles. The predicted octanol–water partition coefficient (Wildman–Crippen LogP) is 6.61. The number of nitrogens with one attached hydrogen (secondary N) is 1. The number of nitrogens with zero attached hydrogens (tertiary/aromatic N) is 1. The van der Waals surface area contributed by atoms with Crippen molar-refractivity contribution in [3.05, 3.63) is 91.5 Å². The highest BCUT2D eigenvalue weighted by molar-refractivity contribution is 9.11. The van der Waals surface area contributed by atoms with E-state index in [4.69, 9.17) is 9.47 Å². The molecule has 4 rings (SSSR count). The minimum atomic E-state index is -0.561. The molecule has 190 valence electrons. The summed E-state index contributed by atoms with van der Waals surface area (Å²) in [7, 11) is 1.48. The van der Waals surface area contributed by atoms with Gasteiger partial charge in [-0.3, -0.25) is 19.3 Å². The van der Waals surface area contributed by atoms with Gasteiger partial charge in [0.2, 0.25) is 5.91 Å². The Labute approximate surface area is 233 Å². The standard InChI is InChI=1S/C26H19Br2FN2O5S/c1-35-21-5-3-2-4-20(21)30-23(32)13-31-25(33)22(37-26(31)34)12-16-10-18(27)24(19(28)11-16)36-14-15-6-8-17(29)9-7-15/h2-12H,13-14H2,1H3,(H,30,32)/b22-12+. The number of imide groups is 1. The molecule has 0 spiro atoms. The van der Waals surface area contributed by atoms with Crippen LogP contribution >= 0.6 is 43.6 Å². The second-order valence-corrected chi connectivity index (χ2v) is 10.4. The number of methoxy groups -OCH3 is 1. The SMILES string of the molecule is COc1ccccc1NC(=O)CN1C(=O)S/C(=C/c2cc(Br)c(OCc3ccc(F)cc3)c(Br)c2)C1=O. The van der Waals surface area contributed by atoms with Gasteiger partial charge in [0.05, 0.1) is 26.6 Å². The van der Waals surface area contributed by atoms with Crippen molar-refractivity contribution < 1.29 is 28.2 Å². The number of hydrogen-bond donors (Lipinski definition) is 1. The number of ether oxygens (including phenoxy) is 2. The average Bonchev–Trinajstić information content (AvgIpc) is 3.12. The van der Waals surface area contributed by atoms with E-state index < -0.39 is 23.6 Å². The van der Waals surface area contributed by atoms with E-state index in [9.17, 15) is 18.8 Å². The molecule has 0 unspecified atom stereocenters. The van der Waals surface area contributed by atoms with Gasteiger partial charge in [0.25, 0.3) is 11.1 Å². The molecule has 0 radical (unpaired) electrons. The third-order valence-corrected chi connectivity index (χ3v) is 7.26. The molecule has 7 nitrogen and oxygen atoms in total. The Morgan fingerprint density at radius 3 is 2.43 bits per heavy atom. The first-order chi connectivity index (χ1) is 17.7. The molecule has 0 saturated carbocycles. The molecular formula is C26H19Br2FN2O5S. The number of thioether (sulfide) groups is 1. The van der Waals surface area contributed by atoms with E-state index in [0.717, 1.165) is 22.2 Å². The van der Waals surface area contributed by atoms with Crippen molar-refractivity contribution in [2.24, 2.45) is 0 Å². The zero-order valence-electron chi connectivity index (χ0n) is 19.3. The van der Waals surface area contributed by atoms with E-state index in [2.05, 4.69) is 37.2 Å². The zero-order chi connectivity index (χ0) is 26.5. The van der Waals surface area contributed by atoms with Crippen LogP contribution in [0.3, 0.4) is 0 Å². The smallest absolute Gasteiger partial charge is 0.294 e. The molecule has 3 amide bonds. The largest absolute Gasteiger partial charge is 0.495 e. The predicted molar refractivity (Wildman–Crippen MR) is 147 cm³/mol. The Morgan fingerprint density at radius 2 is 1.76 bits per heavy atom. The summed E-state index contributed by atoms with van der Waals surface area (Å²) in [5.41, 5.74) is 1.87. The summed E-state index contributed by atoms with van der Waals surface area (Å²) >= 11 is 7.70. The van der Waals surface area contributed by atoms with Gasteiger partial charge in [-0.1, -0.05) is 24.3 Å². The van der Waals surface area contributed by atoms with Gasteiger partial charge < -0.3 is 14.8 Å². The normalized spacial score (nSPS) is 14.3. The molecule has 3 aromatic carbocycles. The van der Waals surface area contributed by atoms with Crippen LogP contribution in [0, 0.1) is 5.82 Å². The fraction of sp³-hybridized carbons (Fsp3) is 0.115. The quantitative estimate of drug-likeness (QED) is 0.276. The van der Waals surface area contributed by atoms with Gasteiger partial charge in [-0.2, -0.15) is 0 Å². The minimum absolute atomic E-state index is 0.189. The number of amides is 3. The van der Waals surface area contributed by atoms with Crippen LogP contribution in [0.25, 0.3) is 6.08 Å². The number of anilines is 1. The molecule has 0 aliphatic carbocycles. The number of halogens is 3. The molecule has 0 atom stereocenters. The molecule has 1 aliphatic heterocycles. The third-order valence-electron chi connectivity index (χ3n) is 5.17. The highest BCUT2D eigenvalue weighted by Crippen LogP contribution is 2.38. The van der Waals surface area contributed by atoms with Crippen molar-refractivity contribution in [3.8, 4) is 11.5 Å². The summed E-state index contributed by atoms with van der Waals surface area (Å²) in [4.78, 5) is 39.0. The summed E-state index contributed by atoms with van der Waals surface area (Å²) in [5, 5.41) is 2.12. The highest BCUT2D eigenvalue weighted by atomic mass is 79.9. The summed E-state index contributed by atoms with van der Waals surface area (Å²) in [6.07, 6.45) is 1.57. The Morgan fingerprint density at radius 1 is 1.08 bits per heavy atom. The van der Waals surface area contributed by atoms with Gasteiger partial charge in [-0.25, -0.2) is 4.39 Å². The van der Waals surface area contributed by atoms with E-state index in [0.29, 0.717) is 31.7 Å². The molecule has 1 heterocycles. The summed E-state index contributed by atoms with van der Waals surface area (Å²) < 4.78 is 25.4. The van der Waals surface area contributed by atoms with Crippen LogP contribution < -0.4 is 14.8 Å². The zero-order valence-corrected chi connectivity index (χ0v) is 23.3. The molecule has 37 heavy (non-hydrogen) atoms. The first-order valence-electron chi connectivity index (χ1n) is 10.8. The van der Waals surface area contributed by atoms with Crippen LogP contribution in [0.2, 0.25) is 0 Å². The van der Waals surface area contributed by atoms with Gasteiger partial charge in [0.15, 0.2) is 0 Å². The molecule has 0 bridgehead atoms. The van der Waals surface area contributed by atoms with Crippen molar-refractivity contribution >= 4 is 72.4 Å². The van der Waals surface area contributed by atoms with E-state index in [1.54, 1.807) is 54.6 Å². The molecule has 1 aliphatic rings. The van der Waals surface area contributed by atoms with E-state index >= 15 is 0 Å². The Kier molecular flexibility index (Phi) is 8.67. The van der Waals surface area contributed by atoms with Crippen molar-refractivity contribution in [1.29, 1.82) is 0 Å². The lowest BCUT2D eigenvalue weighted by Crippen LogP contribution is -2.36. The maximum Gasteiger partial charge on any atom is 0.294 e. The summed E-state index contributed by atoms with van der Waals surface area (Å²) in [6.45, 7) is -0.198. The Balaban J connectivity index is 1.44. The fourth-order valence-electron chi connectivity index (χ4n) is 3.41. The number of hydrogen-bond acceptors (Lipinski definition) is 6. The topological polar surface area (TPSA) is 84.9 Å². The van der Waals surface area contributed by atoms with Gasteiger partial charge >= 0.3 is 0 Å². The number of benzene rings is 3. The molecule has 11 heteroatoms. The Hall–Kier alpha value is -3.15. The van der Waals surface area contributed by atoms with Gasteiger partial charge in [0, 0.05) is 0 Å². The number of carbonyl (C=O) groups excluding carboxylic acids is 3. The average molecular weight is 650 g/mol. The second kappa shape index (κ2) is 11.9.